The van der Waals surface area contributed by atoms with Crippen LogP contribution < -0.4 is 5.43 Å². The van der Waals surface area contributed by atoms with Crippen molar-refractivity contribution < 1.29 is 14.0 Å². The molecule has 1 amide bonds. The van der Waals surface area contributed by atoms with Gasteiger partial charge in [-0.15, -0.1) is 0 Å². The topological polar surface area (TPSA) is 77.1 Å². The number of nitrogens with one attached hydrogen (secondary N) is 1. The van der Waals surface area contributed by atoms with E-state index >= 15 is 0 Å². The number of nitrogens with zero attached hydrogens (tertiary/aromatic N) is 2. The van der Waals surface area contributed by atoms with Crippen LogP contribution in [0.3, 0.4) is 0 Å². The van der Waals surface area contributed by atoms with Gasteiger partial charge < -0.3 is 4.42 Å². The summed E-state index contributed by atoms with van der Waals surface area (Å²) >= 11 is 1.26. The third-order valence-corrected chi connectivity index (χ3v) is 5.41. The van der Waals surface area contributed by atoms with E-state index < -0.39 is 0 Å². The predicted molar refractivity (Wildman–Crippen MR) is 113 cm³/mol. The van der Waals surface area contributed by atoms with E-state index in [-0.39, 0.29) is 17.4 Å². The Morgan fingerprint density at radius 1 is 1.07 bits per heavy atom. The molecule has 0 aliphatic rings. The van der Waals surface area contributed by atoms with Gasteiger partial charge in [-0.25, -0.2) is 4.98 Å². The first kappa shape index (κ1) is 19.0. The molecule has 0 saturated heterocycles. The minimum Gasteiger partial charge on any atom is -0.431 e. The number of benzene rings is 2. The fourth-order valence-electron chi connectivity index (χ4n) is 3.09. The fraction of sp³-hybridized carbons (Fsp3) is 0.136. The molecule has 0 unspecified atom stereocenters. The summed E-state index contributed by atoms with van der Waals surface area (Å²) in [6.45, 7) is 3.67. The SMILES string of the molecule is Cc1cc(C(=O)CSc2nc3ccccc3o2)c(C)n1NC(=O)c1ccccc1. The number of Topliss-reactive ketones (excluding diaryl/α,β-unsaturated/α-hetero) is 1. The third-order valence-electron chi connectivity index (χ3n) is 4.58. The van der Waals surface area contributed by atoms with E-state index in [4.69, 9.17) is 4.42 Å². The molecule has 0 aliphatic carbocycles. The zero-order chi connectivity index (χ0) is 20.4. The smallest absolute Gasteiger partial charge is 0.270 e. The Hall–Kier alpha value is -3.32. The summed E-state index contributed by atoms with van der Waals surface area (Å²) in [4.78, 5) is 29.6. The van der Waals surface area contributed by atoms with Gasteiger partial charge in [0.15, 0.2) is 11.4 Å². The monoisotopic (exact) mass is 405 g/mol. The van der Waals surface area contributed by atoms with Crippen LogP contribution in [0.5, 0.6) is 0 Å². The van der Waals surface area contributed by atoms with Gasteiger partial charge in [0, 0.05) is 22.5 Å². The van der Waals surface area contributed by atoms with Crippen LogP contribution in [-0.2, 0) is 0 Å². The number of carbonyl (C=O) groups is 2. The summed E-state index contributed by atoms with van der Waals surface area (Å²) in [5, 5.41) is 0.464. The molecule has 0 atom stereocenters. The normalized spacial score (nSPS) is 11.0. The number of hydrogen-bond donors (Lipinski definition) is 1. The first-order valence-electron chi connectivity index (χ1n) is 9.10. The van der Waals surface area contributed by atoms with Gasteiger partial charge in [0.05, 0.1) is 5.75 Å². The highest BCUT2D eigenvalue weighted by Crippen LogP contribution is 2.25. The fourth-order valence-corrected chi connectivity index (χ4v) is 3.81. The Labute approximate surface area is 171 Å². The summed E-state index contributed by atoms with van der Waals surface area (Å²) in [5.41, 5.74) is 6.91. The van der Waals surface area contributed by atoms with Gasteiger partial charge in [-0.3, -0.25) is 19.7 Å². The van der Waals surface area contributed by atoms with E-state index in [1.165, 1.54) is 11.8 Å². The molecule has 0 spiro atoms. The Bertz CT molecular complexity index is 1160. The van der Waals surface area contributed by atoms with Crippen LogP contribution in [-0.4, -0.2) is 27.1 Å². The van der Waals surface area contributed by atoms with Crippen molar-refractivity contribution in [2.45, 2.75) is 19.1 Å². The van der Waals surface area contributed by atoms with Crippen LogP contribution >= 0.6 is 11.8 Å². The average Bonchev–Trinajstić information content (AvgIpc) is 3.28. The maximum Gasteiger partial charge on any atom is 0.270 e. The lowest BCUT2D eigenvalue weighted by atomic mass is 10.2. The lowest BCUT2D eigenvalue weighted by Crippen LogP contribution is -2.25. The quantitative estimate of drug-likeness (QED) is 0.375. The molecular weight excluding hydrogens is 386 g/mol. The van der Waals surface area contributed by atoms with E-state index in [1.54, 1.807) is 22.9 Å². The summed E-state index contributed by atoms with van der Waals surface area (Å²) in [7, 11) is 0. The molecule has 4 aromatic rings. The van der Waals surface area contributed by atoms with Crippen molar-refractivity contribution in [2.24, 2.45) is 0 Å². The Morgan fingerprint density at radius 2 is 1.79 bits per heavy atom. The lowest BCUT2D eigenvalue weighted by molar-refractivity contribution is 0.0999. The average molecular weight is 405 g/mol. The predicted octanol–water partition coefficient (Wildman–Crippen LogP) is 4.61. The van der Waals surface area contributed by atoms with Crippen LogP contribution in [0.4, 0.5) is 0 Å². The molecule has 146 valence electrons. The molecule has 6 nitrogen and oxygen atoms in total. The van der Waals surface area contributed by atoms with Crippen molar-refractivity contribution in [3.63, 3.8) is 0 Å². The highest BCUT2D eigenvalue weighted by atomic mass is 32.2. The highest BCUT2D eigenvalue weighted by Gasteiger charge is 2.18. The number of amides is 1. The van der Waals surface area contributed by atoms with E-state index in [0.29, 0.717) is 27.6 Å². The van der Waals surface area contributed by atoms with Crippen LogP contribution in [0.2, 0.25) is 0 Å². The van der Waals surface area contributed by atoms with Crippen molar-refractivity contribution in [3.05, 3.63) is 83.2 Å². The maximum absolute atomic E-state index is 12.8. The third kappa shape index (κ3) is 3.95. The number of aryl methyl sites for hydroxylation is 1. The van der Waals surface area contributed by atoms with Gasteiger partial charge in [-0.05, 0) is 44.2 Å². The zero-order valence-corrected chi connectivity index (χ0v) is 16.8. The Morgan fingerprint density at radius 3 is 2.55 bits per heavy atom. The van der Waals surface area contributed by atoms with Gasteiger partial charge in [0.1, 0.15) is 5.52 Å². The Balaban J connectivity index is 1.47. The van der Waals surface area contributed by atoms with Crippen LogP contribution in [0.25, 0.3) is 11.1 Å². The van der Waals surface area contributed by atoms with E-state index in [0.717, 1.165) is 11.2 Å². The standard InChI is InChI=1S/C22H19N3O3S/c1-14-12-17(15(2)25(14)24-21(27)16-8-4-3-5-9-16)19(26)13-29-22-23-18-10-6-7-11-20(18)28-22/h3-12H,13H2,1-2H3,(H,24,27). The minimum atomic E-state index is -0.229. The summed E-state index contributed by atoms with van der Waals surface area (Å²) in [6.07, 6.45) is 0. The molecular formula is C22H19N3O3S. The lowest BCUT2D eigenvalue weighted by Gasteiger charge is -2.11. The van der Waals surface area contributed by atoms with Crippen molar-refractivity contribution in [2.75, 3.05) is 11.2 Å². The molecule has 2 heterocycles. The Kier molecular flexibility index (Phi) is 5.22. The van der Waals surface area contributed by atoms with E-state index in [1.807, 2.05) is 56.3 Å². The van der Waals surface area contributed by atoms with Gasteiger partial charge in [-0.1, -0.05) is 42.1 Å². The summed E-state index contributed by atoms with van der Waals surface area (Å²) < 4.78 is 7.30. The number of para-hydroxylation sites is 2. The molecule has 7 heteroatoms. The minimum absolute atomic E-state index is 0.0504. The van der Waals surface area contributed by atoms with Crippen LogP contribution in [0, 0.1) is 13.8 Å². The van der Waals surface area contributed by atoms with E-state index in [2.05, 4.69) is 10.4 Å². The number of fused-ring (bicyclic) bond motifs is 1. The molecule has 0 fully saturated rings. The number of ketones is 1. The van der Waals surface area contributed by atoms with Gasteiger partial charge >= 0.3 is 0 Å². The molecule has 4 rings (SSSR count). The summed E-state index contributed by atoms with van der Waals surface area (Å²) in [6, 6.07) is 18.2. The molecule has 0 saturated carbocycles. The number of thioether (sulfide) groups is 1. The highest BCUT2D eigenvalue weighted by molar-refractivity contribution is 7.99. The molecule has 2 aromatic carbocycles. The van der Waals surface area contributed by atoms with Crippen molar-refractivity contribution >= 4 is 34.6 Å². The number of rotatable bonds is 6. The number of aromatic nitrogens is 2. The number of oxazole rings is 1. The number of carbonyl (C=O) groups excluding carboxylic acids is 2. The second kappa shape index (κ2) is 7.97. The van der Waals surface area contributed by atoms with Crippen LogP contribution in [0.1, 0.15) is 32.1 Å². The molecule has 0 radical (unpaired) electrons. The molecule has 2 aromatic heterocycles. The summed E-state index contributed by atoms with van der Waals surface area (Å²) in [5.74, 6) is -0.0816. The second-order valence-electron chi connectivity index (χ2n) is 6.59. The van der Waals surface area contributed by atoms with Crippen molar-refractivity contribution in [3.8, 4) is 0 Å². The molecule has 0 aliphatic heterocycles. The first-order valence-corrected chi connectivity index (χ1v) is 10.1. The molecule has 29 heavy (non-hydrogen) atoms. The first-order chi connectivity index (χ1) is 14.0. The zero-order valence-electron chi connectivity index (χ0n) is 16.0. The second-order valence-corrected chi connectivity index (χ2v) is 7.51. The maximum atomic E-state index is 12.8. The molecule has 1 N–H and O–H groups in total. The van der Waals surface area contributed by atoms with Gasteiger partial charge in [0.2, 0.25) is 0 Å². The molecule has 0 bridgehead atoms. The van der Waals surface area contributed by atoms with Gasteiger partial charge in [0.25, 0.3) is 11.1 Å². The van der Waals surface area contributed by atoms with Crippen molar-refractivity contribution in [1.29, 1.82) is 0 Å². The van der Waals surface area contributed by atoms with Gasteiger partial charge in [-0.2, -0.15) is 0 Å². The number of hydrogen-bond acceptors (Lipinski definition) is 5. The van der Waals surface area contributed by atoms with E-state index in [9.17, 15) is 9.59 Å². The largest absolute Gasteiger partial charge is 0.431 e. The van der Waals surface area contributed by atoms with Crippen molar-refractivity contribution in [1.82, 2.24) is 9.66 Å². The van der Waals surface area contributed by atoms with Crippen LogP contribution in [0.15, 0.2) is 70.3 Å².